The maximum Gasteiger partial charge on any atom is 0.341 e. The van der Waals surface area contributed by atoms with Gasteiger partial charge in [0, 0.05) is 6.42 Å². The first-order valence-corrected chi connectivity index (χ1v) is 9.50. The minimum absolute atomic E-state index is 0.260. The minimum Gasteiger partial charge on any atom is -0.496 e. The summed E-state index contributed by atoms with van der Waals surface area (Å²) in [6.07, 6.45) is 3.56. The Morgan fingerprint density at radius 2 is 1.83 bits per heavy atom. The summed E-state index contributed by atoms with van der Waals surface area (Å²) in [4.78, 5) is 23.7. The third-order valence-electron chi connectivity index (χ3n) is 4.66. The van der Waals surface area contributed by atoms with Gasteiger partial charge in [0.05, 0.1) is 33.0 Å². The molecule has 0 amide bonds. The van der Waals surface area contributed by atoms with Crippen LogP contribution in [0.1, 0.15) is 51.9 Å². The predicted molar refractivity (Wildman–Crippen MR) is 113 cm³/mol. The van der Waals surface area contributed by atoms with Gasteiger partial charge in [-0.1, -0.05) is 18.2 Å². The zero-order valence-corrected chi connectivity index (χ0v) is 17.7. The number of methoxy groups -OCH3 is 3. The van der Waals surface area contributed by atoms with Gasteiger partial charge in [-0.05, 0) is 66.3 Å². The molecule has 0 aliphatic rings. The number of benzene rings is 2. The Hall–Kier alpha value is -3.59. The Morgan fingerprint density at radius 3 is 2.47 bits per heavy atom. The second kappa shape index (κ2) is 10.8. The van der Waals surface area contributed by atoms with Crippen LogP contribution in [-0.2, 0) is 14.3 Å². The molecule has 0 aromatic heterocycles. The number of allylic oxidation sites excluding steroid dienone is 1. The Kier molecular flexibility index (Phi) is 8.18. The summed E-state index contributed by atoms with van der Waals surface area (Å²) in [6, 6.07) is 13.1. The summed E-state index contributed by atoms with van der Waals surface area (Å²) in [6.45, 7) is 1.86. The molecule has 0 spiro atoms. The fourth-order valence-corrected chi connectivity index (χ4v) is 3.22. The van der Waals surface area contributed by atoms with E-state index in [0.717, 1.165) is 22.3 Å². The van der Waals surface area contributed by atoms with Gasteiger partial charge < -0.3 is 14.2 Å². The summed E-state index contributed by atoms with van der Waals surface area (Å²) in [7, 11) is 4.20. The SMILES string of the molecule is COC(=O)CCC/C=C(/c1cccc(C#N)c1)c1cc(C)c(OC)c(C(=O)OC)c1. The monoisotopic (exact) mass is 407 g/mol. The van der Waals surface area contributed by atoms with Crippen molar-refractivity contribution in [3.63, 3.8) is 0 Å². The van der Waals surface area contributed by atoms with Crippen LogP contribution in [0.5, 0.6) is 5.75 Å². The number of hydrogen-bond donors (Lipinski definition) is 0. The van der Waals surface area contributed by atoms with Crippen LogP contribution in [-0.4, -0.2) is 33.3 Å². The standard InChI is InChI=1S/C24H25NO5/c1-16-12-19(14-21(23(16)29-3)24(27)30-4)20(10-5-6-11-22(26)28-2)18-9-7-8-17(13-18)15-25/h7-10,12-14H,5-6,11H2,1-4H3/b20-10-. The lowest BCUT2D eigenvalue weighted by Gasteiger charge is -2.15. The number of nitrogens with zero attached hydrogens (tertiary/aromatic N) is 1. The van der Waals surface area contributed by atoms with E-state index in [1.807, 2.05) is 31.2 Å². The van der Waals surface area contributed by atoms with Crippen LogP contribution in [0.2, 0.25) is 0 Å². The number of esters is 2. The van der Waals surface area contributed by atoms with Crippen molar-refractivity contribution in [1.29, 1.82) is 5.26 Å². The molecule has 0 fully saturated rings. The van der Waals surface area contributed by atoms with Crippen molar-refractivity contribution in [2.24, 2.45) is 0 Å². The predicted octanol–water partition coefficient (Wildman–Crippen LogP) is 4.44. The minimum atomic E-state index is -0.493. The number of carbonyl (C=O) groups is 2. The molecule has 0 radical (unpaired) electrons. The molecule has 0 heterocycles. The third-order valence-corrected chi connectivity index (χ3v) is 4.66. The number of hydrogen-bond acceptors (Lipinski definition) is 6. The second-order valence-corrected chi connectivity index (χ2v) is 6.64. The smallest absolute Gasteiger partial charge is 0.341 e. The number of nitriles is 1. The molecule has 6 heteroatoms. The lowest BCUT2D eigenvalue weighted by molar-refractivity contribution is -0.140. The van der Waals surface area contributed by atoms with E-state index in [1.54, 1.807) is 18.2 Å². The van der Waals surface area contributed by atoms with Crippen LogP contribution in [0.25, 0.3) is 5.57 Å². The average Bonchev–Trinajstić information content (AvgIpc) is 2.77. The van der Waals surface area contributed by atoms with E-state index < -0.39 is 5.97 Å². The second-order valence-electron chi connectivity index (χ2n) is 6.64. The van der Waals surface area contributed by atoms with Crippen molar-refractivity contribution in [1.82, 2.24) is 0 Å². The zero-order chi connectivity index (χ0) is 22.1. The Bertz CT molecular complexity index is 1000. The molecule has 2 rings (SSSR count). The summed E-state index contributed by atoms with van der Waals surface area (Å²) >= 11 is 0. The first-order chi connectivity index (χ1) is 14.4. The van der Waals surface area contributed by atoms with E-state index in [0.29, 0.717) is 36.1 Å². The molecule has 0 unspecified atom stereocenters. The Balaban J connectivity index is 2.56. The normalized spacial score (nSPS) is 10.8. The maximum absolute atomic E-state index is 12.3. The van der Waals surface area contributed by atoms with Gasteiger partial charge in [0.25, 0.3) is 0 Å². The summed E-state index contributed by atoms with van der Waals surface area (Å²) in [5.41, 5.74) is 4.13. The molecular weight excluding hydrogens is 382 g/mol. The van der Waals surface area contributed by atoms with Crippen molar-refractivity contribution >= 4 is 17.5 Å². The average molecular weight is 407 g/mol. The molecule has 0 atom stereocenters. The lowest BCUT2D eigenvalue weighted by Crippen LogP contribution is -2.07. The first-order valence-electron chi connectivity index (χ1n) is 9.50. The Labute approximate surface area is 176 Å². The fraction of sp³-hybridized carbons (Fsp3) is 0.292. The third kappa shape index (κ3) is 5.48. The van der Waals surface area contributed by atoms with Gasteiger partial charge in [-0.15, -0.1) is 0 Å². The van der Waals surface area contributed by atoms with E-state index in [4.69, 9.17) is 14.2 Å². The number of ether oxygens (including phenoxy) is 3. The molecule has 156 valence electrons. The maximum atomic E-state index is 12.3. The molecule has 30 heavy (non-hydrogen) atoms. The van der Waals surface area contributed by atoms with Crippen molar-refractivity contribution in [3.05, 3.63) is 70.3 Å². The molecule has 0 bridgehead atoms. The zero-order valence-electron chi connectivity index (χ0n) is 17.7. The highest BCUT2D eigenvalue weighted by Gasteiger charge is 2.18. The van der Waals surface area contributed by atoms with Crippen LogP contribution in [0, 0.1) is 18.3 Å². The summed E-state index contributed by atoms with van der Waals surface area (Å²) in [5.74, 6) is -0.293. The van der Waals surface area contributed by atoms with Crippen LogP contribution >= 0.6 is 0 Å². The highest BCUT2D eigenvalue weighted by atomic mass is 16.5. The van der Waals surface area contributed by atoms with Crippen molar-refractivity contribution in [2.45, 2.75) is 26.2 Å². The van der Waals surface area contributed by atoms with Gasteiger partial charge in [-0.3, -0.25) is 4.79 Å². The van der Waals surface area contributed by atoms with Gasteiger partial charge >= 0.3 is 11.9 Å². The molecule has 0 saturated heterocycles. The summed E-state index contributed by atoms with van der Waals surface area (Å²) < 4.78 is 15.0. The van der Waals surface area contributed by atoms with Gasteiger partial charge in [-0.2, -0.15) is 5.26 Å². The number of unbranched alkanes of at least 4 members (excludes halogenated alkanes) is 1. The molecule has 6 nitrogen and oxygen atoms in total. The van der Waals surface area contributed by atoms with Crippen LogP contribution in [0.3, 0.4) is 0 Å². The van der Waals surface area contributed by atoms with E-state index >= 15 is 0 Å². The molecular formula is C24H25NO5. The fourth-order valence-electron chi connectivity index (χ4n) is 3.22. The van der Waals surface area contributed by atoms with E-state index in [2.05, 4.69) is 6.07 Å². The van der Waals surface area contributed by atoms with Gasteiger partial charge in [0.15, 0.2) is 0 Å². The number of carbonyl (C=O) groups excluding carboxylic acids is 2. The van der Waals surface area contributed by atoms with Gasteiger partial charge in [0.1, 0.15) is 11.3 Å². The highest BCUT2D eigenvalue weighted by Crippen LogP contribution is 2.32. The van der Waals surface area contributed by atoms with Crippen molar-refractivity contribution in [3.8, 4) is 11.8 Å². The van der Waals surface area contributed by atoms with E-state index in [-0.39, 0.29) is 5.97 Å². The first kappa shape index (κ1) is 22.7. The molecule has 2 aromatic carbocycles. The largest absolute Gasteiger partial charge is 0.496 e. The van der Waals surface area contributed by atoms with Gasteiger partial charge in [-0.25, -0.2) is 4.79 Å². The molecule has 0 N–H and O–H groups in total. The Morgan fingerprint density at radius 1 is 1.07 bits per heavy atom. The molecule has 0 saturated carbocycles. The van der Waals surface area contributed by atoms with E-state index in [9.17, 15) is 14.9 Å². The molecule has 0 aliphatic heterocycles. The topological polar surface area (TPSA) is 85.6 Å². The van der Waals surface area contributed by atoms with Crippen LogP contribution in [0.4, 0.5) is 0 Å². The lowest BCUT2D eigenvalue weighted by atomic mass is 9.92. The van der Waals surface area contributed by atoms with Crippen LogP contribution in [0.15, 0.2) is 42.5 Å². The number of aryl methyl sites for hydroxylation is 1. The molecule has 2 aromatic rings. The van der Waals surface area contributed by atoms with Crippen LogP contribution < -0.4 is 4.74 Å². The van der Waals surface area contributed by atoms with Crippen molar-refractivity contribution in [2.75, 3.05) is 21.3 Å². The van der Waals surface area contributed by atoms with E-state index in [1.165, 1.54) is 21.3 Å². The highest BCUT2D eigenvalue weighted by molar-refractivity contribution is 5.95. The summed E-state index contributed by atoms with van der Waals surface area (Å²) in [5, 5.41) is 9.28. The van der Waals surface area contributed by atoms with Crippen molar-refractivity contribution < 1.29 is 23.8 Å². The van der Waals surface area contributed by atoms with Gasteiger partial charge in [0.2, 0.25) is 0 Å². The molecule has 0 aliphatic carbocycles. The number of rotatable bonds is 8. The quantitative estimate of drug-likeness (QED) is 0.475.